The van der Waals surface area contributed by atoms with Crippen LogP contribution in [0.25, 0.3) is 0 Å². The van der Waals surface area contributed by atoms with Crippen molar-refractivity contribution < 1.29 is 17.9 Å². The summed E-state index contributed by atoms with van der Waals surface area (Å²) in [5, 5.41) is 2.89. The molecule has 150 valence electrons. The minimum absolute atomic E-state index is 0.132. The predicted octanol–water partition coefficient (Wildman–Crippen LogP) is 4.54. The maximum absolute atomic E-state index is 12.4. The summed E-state index contributed by atoms with van der Waals surface area (Å²) in [5.74, 6) is 0.321. The van der Waals surface area contributed by atoms with E-state index in [1.807, 2.05) is 30.3 Å². The SMILES string of the molecule is CS(=O)(=O)Nc1ccc(C(=O)Nc2ccc(OCc3ccccc3)cc2)cc1Cl. The van der Waals surface area contributed by atoms with Crippen molar-refractivity contribution in [2.24, 2.45) is 0 Å². The molecule has 0 aliphatic heterocycles. The van der Waals surface area contributed by atoms with E-state index in [0.717, 1.165) is 11.8 Å². The van der Waals surface area contributed by atoms with Crippen LogP contribution in [-0.2, 0) is 16.6 Å². The number of nitrogens with one attached hydrogen (secondary N) is 2. The van der Waals surface area contributed by atoms with Gasteiger partial charge in [0.2, 0.25) is 10.0 Å². The Hall–Kier alpha value is -3.03. The van der Waals surface area contributed by atoms with Crippen LogP contribution < -0.4 is 14.8 Å². The maximum Gasteiger partial charge on any atom is 0.255 e. The van der Waals surface area contributed by atoms with Crippen molar-refractivity contribution in [3.63, 3.8) is 0 Å². The number of rotatable bonds is 7. The average molecular weight is 431 g/mol. The lowest BCUT2D eigenvalue weighted by Crippen LogP contribution is -2.13. The number of sulfonamides is 1. The summed E-state index contributed by atoms with van der Waals surface area (Å²) in [7, 11) is -3.45. The van der Waals surface area contributed by atoms with Crippen LogP contribution >= 0.6 is 11.6 Å². The van der Waals surface area contributed by atoms with Gasteiger partial charge in [-0.05, 0) is 48.0 Å². The number of anilines is 2. The summed E-state index contributed by atoms with van der Waals surface area (Å²) >= 11 is 6.07. The fourth-order valence-electron chi connectivity index (χ4n) is 2.52. The van der Waals surface area contributed by atoms with E-state index in [0.29, 0.717) is 23.6 Å². The Morgan fingerprint density at radius 3 is 2.31 bits per heavy atom. The molecule has 6 nitrogen and oxygen atoms in total. The van der Waals surface area contributed by atoms with E-state index in [9.17, 15) is 13.2 Å². The van der Waals surface area contributed by atoms with Crippen molar-refractivity contribution in [2.75, 3.05) is 16.3 Å². The van der Waals surface area contributed by atoms with Gasteiger partial charge < -0.3 is 10.1 Å². The zero-order chi connectivity index (χ0) is 20.9. The molecule has 0 spiro atoms. The number of amides is 1. The summed E-state index contributed by atoms with van der Waals surface area (Å²) in [6, 6.07) is 21.2. The minimum Gasteiger partial charge on any atom is -0.489 e. The van der Waals surface area contributed by atoms with Crippen LogP contribution in [0, 0.1) is 0 Å². The Morgan fingerprint density at radius 2 is 1.69 bits per heavy atom. The number of carbonyl (C=O) groups excluding carboxylic acids is 1. The Labute approximate surface area is 174 Å². The monoisotopic (exact) mass is 430 g/mol. The molecule has 2 N–H and O–H groups in total. The van der Waals surface area contributed by atoms with Crippen LogP contribution in [0.1, 0.15) is 15.9 Å². The van der Waals surface area contributed by atoms with E-state index in [1.165, 1.54) is 18.2 Å². The number of ether oxygens (including phenoxy) is 1. The Morgan fingerprint density at radius 1 is 1.00 bits per heavy atom. The van der Waals surface area contributed by atoms with Crippen LogP contribution in [0.15, 0.2) is 72.8 Å². The van der Waals surface area contributed by atoms with Crippen molar-refractivity contribution in [3.05, 3.63) is 88.9 Å². The fraction of sp³-hybridized carbons (Fsp3) is 0.0952. The predicted molar refractivity (Wildman–Crippen MR) is 115 cm³/mol. The summed E-state index contributed by atoms with van der Waals surface area (Å²) in [6.45, 7) is 0.457. The van der Waals surface area contributed by atoms with Crippen LogP contribution in [0.3, 0.4) is 0 Å². The Balaban J connectivity index is 1.61. The first-order chi connectivity index (χ1) is 13.8. The molecule has 3 rings (SSSR count). The Bertz CT molecular complexity index is 1100. The van der Waals surface area contributed by atoms with Gasteiger partial charge in [0.1, 0.15) is 12.4 Å². The van der Waals surface area contributed by atoms with Gasteiger partial charge in [-0.15, -0.1) is 0 Å². The topological polar surface area (TPSA) is 84.5 Å². The third kappa shape index (κ3) is 6.23. The van der Waals surface area contributed by atoms with Gasteiger partial charge >= 0.3 is 0 Å². The molecule has 8 heteroatoms. The molecule has 0 radical (unpaired) electrons. The van der Waals surface area contributed by atoms with Gasteiger partial charge in [-0.25, -0.2) is 8.42 Å². The average Bonchev–Trinajstić information content (AvgIpc) is 2.69. The quantitative estimate of drug-likeness (QED) is 0.576. The molecule has 0 saturated heterocycles. The Kier molecular flexibility index (Phi) is 6.41. The van der Waals surface area contributed by atoms with Gasteiger partial charge in [0.25, 0.3) is 5.91 Å². The smallest absolute Gasteiger partial charge is 0.255 e. The lowest BCUT2D eigenvalue weighted by Gasteiger charge is -2.10. The first-order valence-electron chi connectivity index (χ1n) is 8.66. The number of hydrogen-bond acceptors (Lipinski definition) is 4. The second-order valence-corrected chi connectivity index (χ2v) is 8.48. The van der Waals surface area contributed by atoms with Crippen molar-refractivity contribution in [1.82, 2.24) is 0 Å². The van der Waals surface area contributed by atoms with E-state index in [-0.39, 0.29) is 16.6 Å². The molecule has 3 aromatic carbocycles. The molecule has 0 heterocycles. The van der Waals surface area contributed by atoms with Gasteiger partial charge in [-0.2, -0.15) is 0 Å². The third-order valence-corrected chi connectivity index (χ3v) is 4.79. The zero-order valence-corrected chi connectivity index (χ0v) is 17.1. The van der Waals surface area contributed by atoms with E-state index >= 15 is 0 Å². The first-order valence-corrected chi connectivity index (χ1v) is 10.9. The molecule has 0 bridgehead atoms. The van der Waals surface area contributed by atoms with Gasteiger partial charge in [-0.1, -0.05) is 41.9 Å². The fourth-order valence-corrected chi connectivity index (χ4v) is 3.38. The molecule has 0 aliphatic carbocycles. The third-order valence-electron chi connectivity index (χ3n) is 3.89. The van der Waals surface area contributed by atoms with Gasteiger partial charge in [0, 0.05) is 11.3 Å². The van der Waals surface area contributed by atoms with Crippen molar-refractivity contribution in [2.45, 2.75) is 6.61 Å². The molecule has 0 unspecified atom stereocenters. The molecular weight excluding hydrogens is 412 g/mol. The molecule has 0 aliphatic rings. The minimum atomic E-state index is -3.45. The van der Waals surface area contributed by atoms with E-state index in [4.69, 9.17) is 16.3 Å². The summed E-state index contributed by atoms with van der Waals surface area (Å²) in [6.07, 6.45) is 1.02. The van der Waals surface area contributed by atoms with Gasteiger partial charge in [0.05, 0.1) is 17.0 Å². The molecule has 1 amide bonds. The normalized spacial score (nSPS) is 11.0. The molecule has 3 aromatic rings. The van der Waals surface area contributed by atoms with E-state index in [2.05, 4.69) is 10.0 Å². The first kappa shape index (κ1) is 20.7. The van der Waals surface area contributed by atoms with Crippen LogP contribution in [0.5, 0.6) is 5.75 Å². The summed E-state index contributed by atoms with van der Waals surface area (Å²) in [5.41, 5.74) is 2.18. The highest BCUT2D eigenvalue weighted by Gasteiger charge is 2.11. The molecule has 0 aromatic heterocycles. The van der Waals surface area contributed by atoms with Crippen LogP contribution in [0.2, 0.25) is 5.02 Å². The molecule has 0 saturated carbocycles. The molecule has 0 atom stereocenters. The van der Waals surface area contributed by atoms with Crippen LogP contribution in [-0.4, -0.2) is 20.6 Å². The highest BCUT2D eigenvalue weighted by Crippen LogP contribution is 2.25. The van der Waals surface area contributed by atoms with Crippen molar-refractivity contribution >= 4 is 38.9 Å². The molecular formula is C21H19ClN2O4S. The maximum atomic E-state index is 12.4. The summed E-state index contributed by atoms with van der Waals surface area (Å²) < 4.78 is 30.6. The van der Waals surface area contributed by atoms with Crippen LogP contribution in [0.4, 0.5) is 11.4 Å². The van der Waals surface area contributed by atoms with Crippen molar-refractivity contribution in [1.29, 1.82) is 0 Å². The van der Waals surface area contributed by atoms with E-state index in [1.54, 1.807) is 24.3 Å². The largest absolute Gasteiger partial charge is 0.489 e. The number of halogens is 1. The number of carbonyl (C=O) groups is 1. The lowest BCUT2D eigenvalue weighted by molar-refractivity contribution is 0.102. The standard InChI is InChI=1S/C21H19ClN2O4S/c1-29(26,27)24-20-12-7-16(13-19(20)22)21(25)23-17-8-10-18(11-9-17)28-14-15-5-3-2-4-6-15/h2-13,24H,14H2,1H3,(H,23,25). The van der Waals surface area contributed by atoms with E-state index < -0.39 is 10.0 Å². The number of hydrogen-bond donors (Lipinski definition) is 2. The molecule has 29 heavy (non-hydrogen) atoms. The van der Waals surface area contributed by atoms with Gasteiger partial charge in [0.15, 0.2) is 0 Å². The lowest BCUT2D eigenvalue weighted by atomic mass is 10.2. The molecule has 0 fully saturated rings. The highest BCUT2D eigenvalue weighted by atomic mass is 35.5. The second kappa shape index (κ2) is 8.98. The highest BCUT2D eigenvalue weighted by molar-refractivity contribution is 7.92. The zero-order valence-electron chi connectivity index (χ0n) is 15.6. The second-order valence-electron chi connectivity index (χ2n) is 6.32. The van der Waals surface area contributed by atoms with Crippen molar-refractivity contribution in [3.8, 4) is 5.75 Å². The van der Waals surface area contributed by atoms with Gasteiger partial charge in [-0.3, -0.25) is 9.52 Å². The number of benzene rings is 3. The summed E-state index contributed by atoms with van der Waals surface area (Å²) in [4.78, 5) is 12.4.